The number of nitrogens with zero attached hydrogens (tertiary/aromatic N) is 1. The Kier molecular flexibility index (Phi) is 4.57. The van der Waals surface area contributed by atoms with Crippen LogP contribution in [-0.2, 0) is 0 Å². The van der Waals surface area contributed by atoms with Gasteiger partial charge in [0.25, 0.3) is 0 Å². The third-order valence-corrected chi connectivity index (χ3v) is 3.44. The zero-order valence-corrected chi connectivity index (χ0v) is 10.2. The Labute approximate surface area is 95.1 Å². The minimum atomic E-state index is -0.0392. The molecule has 2 unspecified atom stereocenters. The van der Waals surface area contributed by atoms with Crippen molar-refractivity contribution in [1.82, 2.24) is 4.98 Å². The summed E-state index contributed by atoms with van der Waals surface area (Å²) < 4.78 is 0. The number of aliphatic hydroxyl groups is 1. The first-order valence-electron chi connectivity index (χ1n) is 5.01. The molecule has 0 spiro atoms. The third kappa shape index (κ3) is 3.81. The number of aromatic nitrogens is 1. The van der Waals surface area contributed by atoms with Crippen LogP contribution >= 0.6 is 11.8 Å². The molecule has 0 saturated carbocycles. The van der Waals surface area contributed by atoms with Gasteiger partial charge in [-0.25, -0.2) is 4.98 Å². The molecular formula is C11H18N2OS. The lowest BCUT2D eigenvalue weighted by Crippen LogP contribution is -2.31. The van der Waals surface area contributed by atoms with Crippen LogP contribution in [0.15, 0.2) is 17.2 Å². The van der Waals surface area contributed by atoms with Crippen LogP contribution in [0, 0.1) is 13.8 Å². The second-order valence-electron chi connectivity index (χ2n) is 3.82. The minimum absolute atomic E-state index is 0.0127. The topological polar surface area (TPSA) is 59.1 Å². The molecule has 0 bridgehead atoms. The SMILES string of the molecule is Cc1cc(C)nc(SC(CO)C(C)N)c1. The summed E-state index contributed by atoms with van der Waals surface area (Å²) in [5.41, 5.74) is 7.95. The van der Waals surface area contributed by atoms with Crippen molar-refractivity contribution in [2.75, 3.05) is 6.61 Å². The van der Waals surface area contributed by atoms with E-state index in [0.717, 1.165) is 10.7 Å². The molecule has 1 aromatic rings. The molecule has 3 nitrogen and oxygen atoms in total. The first-order valence-corrected chi connectivity index (χ1v) is 5.89. The van der Waals surface area contributed by atoms with Gasteiger partial charge in [-0.15, -0.1) is 0 Å². The van der Waals surface area contributed by atoms with E-state index in [1.165, 1.54) is 17.3 Å². The van der Waals surface area contributed by atoms with Crippen molar-refractivity contribution in [2.24, 2.45) is 5.73 Å². The Morgan fingerprint density at radius 3 is 2.60 bits per heavy atom. The van der Waals surface area contributed by atoms with Gasteiger partial charge in [-0.05, 0) is 38.5 Å². The second kappa shape index (κ2) is 5.49. The number of hydrogen-bond donors (Lipinski definition) is 2. The van der Waals surface area contributed by atoms with Gasteiger partial charge < -0.3 is 10.8 Å². The molecule has 0 saturated heterocycles. The molecule has 1 aromatic heterocycles. The van der Waals surface area contributed by atoms with Crippen molar-refractivity contribution in [3.05, 3.63) is 23.4 Å². The molecular weight excluding hydrogens is 208 g/mol. The molecule has 0 aliphatic rings. The maximum atomic E-state index is 9.17. The van der Waals surface area contributed by atoms with Gasteiger partial charge in [-0.1, -0.05) is 11.8 Å². The maximum Gasteiger partial charge on any atom is 0.0969 e. The predicted octanol–water partition coefficient (Wildman–Crippen LogP) is 1.50. The Morgan fingerprint density at radius 2 is 2.13 bits per heavy atom. The third-order valence-electron chi connectivity index (χ3n) is 2.11. The summed E-state index contributed by atoms with van der Waals surface area (Å²) in [7, 11) is 0. The first kappa shape index (κ1) is 12.5. The monoisotopic (exact) mass is 226 g/mol. The van der Waals surface area contributed by atoms with E-state index in [9.17, 15) is 0 Å². The van der Waals surface area contributed by atoms with Gasteiger partial charge in [0.1, 0.15) is 0 Å². The summed E-state index contributed by atoms with van der Waals surface area (Å²) >= 11 is 1.54. The highest BCUT2D eigenvalue weighted by Gasteiger charge is 2.15. The summed E-state index contributed by atoms with van der Waals surface area (Å²) in [6, 6.07) is 4.01. The van der Waals surface area contributed by atoms with E-state index in [0.29, 0.717) is 0 Å². The molecule has 0 fully saturated rings. The standard InChI is InChI=1S/C11H18N2OS/c1-7-4-8(2)13-11(5-7)15-10(6-14)9(3)12/h4-5,9-10,14H,6,12H2,1-3H3. The minimum Gasteiger partial charge on any atom is -0.395 e. The van der Waals surface area contributed by atoms with Crippen LogP contribution in [0.2, 0.25) is 0 Å². The van der Waals surface area contributed by atoms with E-state index in [1.807, 2.05) is 32.9 Å². The lowest BCUT2D eigenvalue weighted by Gasteiger charge is -2.17. The van der Waals surface area contributed by atoms with Crippen molar-refractivity contribution < 1.29 is 5.11 Å². The molecule has 84 valence electrons. The molecule has 1 rings (SSSR count). The summed E-state index contributed by atoms with van der Waals surface area (Å²) in [6.07, 6.45) is 0. The second-order valence-corrected chi connectivity index (χ2v) is 5.08. The van der Waals surface area contributed by atoms with Gasteiger partial charge >= 0.3 is 0 Å². The molecule has 2 atom stereocenters. The lowest BCUT2D eigenvalue weighted by atomic mass is 10.2. The highest BCUT2D eigenvalue weighted by molar-refractivity contribution is 7.99. The predicted molar refractivity (Wildman–Crippen MR) is 64.1 cm³/mol. The van der Waals surface area contributed by atoms with Crippen molar-refractivity contribution in [3.63, 3.8) is 0 Å². The maximum absolute atomic E-state index is 9.17. The molecule has 1 heterocycles. The van der Waals surface area contributed by atoms with E-state index in [-0.39, 0.29) is 17.9 Å². The van der Waals surface area contributed by atoms with Gasteiger partial charge in [0.2, 0.25) is 0 Å². The van der Waals surface area contributed by atoms with Gasteiger partial charge in [-0.3, -0.25) is 0 Å². The fourth-order valence-corrected chi connectivity index (χ4v) is 2.38. The number of aryl methyl sites for hydroxylation is 2. The fraction of sp³-hybridized carbons (Fsp3) is 0.545. The van der Waals surface area contributed by atoms with Gasteiger partial charge in [0.05, 0.1) is 11.6 Å². The van der Waals surface area contributed by atoms with E-state index in [1.54, 1.807) is 0 Å². The quantitative estimate of drug-likeness (QED) is 0.764. The highest BCUT2D eigenvalue weighted by Crippen LogP contribution is 2.24. The molecule has 0 aliphatic carbocycles. The van der Waals surface area contributed by atoms with E-state index in [4.69, 9.17) is 10.8 Å². The van der Waals surface area contributed by atoms with Crippen molar-refractivity contribution >= 4 is 11.8 Å². The summed E-state index contributed by atoms with van der Waals surface area (Å²) in [5.74, 6) is 0. The lowest BCUT2D eigenvalue weighted by molar-refractivity contribution is 0.285. The fourth-order valence-electron chi connectivity index (χ4n) is 1.33. The smallest absolute Gasteiger partial charge is 0.0969 e. The van der Waals surface area contributed by atoms with Crippen molar-refractivity contribution in [2.45, 2.75) is 37.1 Å². The largest absolute Gasteiger partial charge is 0.395 e. The van der Waals surface area contributed by atoms with Gasteiger partial charge in [-0.2, -0.15) is 0 Å². The van der Waals surface area contributed by atoms with Gasteiger partial charge in [0, 0.05) is 17.0 Å². The van der Waals surface area contributed by atoms with E-state index < -0.39 is 0 Å². The Morgan fingerprint density at radius 1 is 1.47 bits per heavy atom. The van der Waals surface area contributed by atoms with Crippen LogP contribution in [0.3, 0.4) is 0 Å². The van der Waals surface area contributed by atoms with Gasteiger partial charge in [0.15, 0.2) is 0 Å². The number of hydrogen-bond acceptors (Lipinski definition) is 4. The molecule has 0 radical (unpaired) electrons. The van der Waals surface area contributed by atoms with Crippen LogP contribution in [0.4, 0.5) is 0 Å². The Hall–Kier alpha value is -0.580. The number of aliphatic hydroxyl groups excluding tert-OH is 1. The van der Waals surface area contributed by atoms with Crippen LogP contribution in [-0.4, -0.2) is 28.0 Å². The van der Waals surface area contributed by atoms with Crippen LogP contribution in [0.25, 0.3) is 0 Å². The summed E-state index contributed by atoms with van der Waals surface area (Å²) in [4.78, 5) is 4.40. The van der Waals surface area contributed by atoms with Crippen LogP contribution < -0.4 is 5.73 Å². The zero-order chi connectivity index (χ0) is 11.4. The molecule has 3 N–H and O–H groups in total. The number of pyridine rings is 1. The normalized spacial score (nSPS) is 15.0. The summed E-state index contributed by atoms with van der Waals surface area (Å²) in [5, 5.41) is 10.1. The van der Waals surface area contributed by atoms with Crippen molar-refractivity contribution in [1.29, 1.82) is 0 Å². The van der Waals surface area contributed by atoms with Crippen molar-refractivity contribution in [3.8, 4) is 0 Å². The molecule has 0 aliphatic heterocycles. The van der Waals surface area contributed by atoms with E-state index >= 15 is 0 Å². The van der Waals surface area contributed by atoms with Crippen LogP contribution in [0.5, 0.6) is 0 Å². The molecule has 0 aromatic carbocycles. The van der Waals surface area contributed by atoms with Crippen LogP contribution in [0.1, 0.15) is 18.2 Å². The summed E-state index contributed by atoms with van der Waals surface area (Å²) in [6.45, 7) is 5.99. The number of rotatable bonds is 4. The average molecular weight is 226 g/mol. The molecule has 15 heavy (non-hydrogen) atoms. The Bertz CT molecular complexity index is 308. The molecule has 4 heteroatoms. The number of nitrogens with two attached hydrogens (primary N) is 1. The first-order chi connectivity index (χ1) is 7.02. The Balaban J connectivity index is 2.79. The molecule has 0 amide bonds. The average Bonchev–Trinajstić information content (AvgIpc) is 2.12. The highest BCUT2D eigenvalue weighted by atomic mass is 32.2. The number of thioether (sulfide) groups is 1. The zero-order valence-electron chi connectivity index (χ0n) is 9.40. The van der Waals surface area contributed by atoms with E-state index in [2.05, 4.69) is 4.98 Å².